The number of aromatic nitrogens is 4. The summed E-state index contributed by atoms with van der Waals surface area (Å²) in [6, 6.07) is 3.94. The minimum Gasteiger partial charge on any atom is -0.444 e. The minimum atomic E-state index is -0.501. The van der Waals surface area contributed by atoms with Crippen molar-refractivity contribution in [3.63, 3.8) is 0 Å². The van der Waals surface area contributed by atoms with E-state index in [1.54, 1.807) is 11.1 Å². The number of fused-ring (bicyclic) bond motifs is 1. The zero-order valence-electron chi connectivity index (χ0n) is 15.9. The highest BCUT2D eigenvalue weighted by atomic mass is 79.9. The number of amides is 1. The van der Waals surface area contributed by atoms with Crippen LogP contribution in [-0.4, -0.2) is 49.2 Å². The maximum Gasteiger partial charge on any atom is 0.410 e. The fourth-order valence-corrected chi connectivity index (χ4v) is 3.59. The van der Waals surface area contributed by atoms with E-state index in [9.17, 15) is 4.79 Å². The number of hydrogen-bond donors (Lipinski definition) is 1. The molecule has 4 heterocycles. The Morgan fingerprint density at radius 2 is 2.07 bits per heavy atom. The van der Waals surface area contributed by atoms with Crippen molar-refractivity contribution in [1.29, 1.82) is 0 Å². The van der Waals surface area contributed by atoms with Crippen LogP contribution in [0.1, 0.15) is 26.8 Å². The number of rotatable bonds is 2. The molecular formula is C19H21BrN6O2. The van der Waals surface area contributed by atoms with Crippen LogP contribution in [0.5, 0.6) is 0 Å². The molecule has 1 aliphatic rings. The van der Waals surface area contributed by atoms with E-state index in [1.165, 1.54) is 0 Å². The molecule has 3 aromatic heterocycles. The molecule has 0 bridgehead atoms. The standard InChI is InChI=1S/C19H21BrN6O2/c1-19(2,3)28-18(27)25-8-11(9-25)26-10-13(14-4-5-22-17(21)24-14)12-6-16(20)23-7-15(12)26/h4-7,10-11H,8-9H2,1-3H3,(H2,21,22,24). The first-order chi connectivity index (χ1) is 13.2. The van der Waals surface area contributed by atoms with Crippen LogP contribution in [0.15, 0.2) is 35.3 Å². The van der Waals surface area contributed by atoms with Gasteiger partial charge in [0.15, 0.2) is 0 Å². The molecule has 0 aromatic carbocycles. The van der Waals surface area contributed by atoms with E-state index in [0.717, 1.165) is 26.8 Å². The first kappa shape index (κ1) is 18.7. The van der Waals surface area contributed by atoms with Crippen molar-refractivity contribution in [3.05, 3.63) is 35.3 Å². The van der Waals surface area contributed by atoms with Crippen LogP contribution in [0.25, 0.3) is 22.2 Å². The normalized spacial score (nSPS) is 14.9. The van der Waals surface area contributed by atoms with Gasteiger partial charge in [-0.2, -0.15) is 0 Å². The van der Waals surface area contributed by atoms with Gasteiger partial charge in [-0.05, 0) is 48.8 Å². The molecule has 0 radical (unpaired) electrons. The quantitative estimate of drug-likeness (QED) is 0.605. The van der Waals surface area contributed by atoms with E-state index in [1.807, 2.05) is 45.3 Å². The van der Waals surface area contributed by atoms with Crippen molar-refractivity contribution in [2.45, 2.75) is 32.4 Å². The third-order valence-corrected chi connectivity index (χ3v) is 4.98. The summed E-state index contributed by atoms with van der Waals surface area (Å²) in [5.41, 5.74) is 7.94. The van der Waals surface area contributed by atoms with Crippen LogP contribution < -0.4 is 5.73 Å². The van der Waals surface area contributed by atoms with E-state index in [2.05, 4.69) is 35.4 Å². The molecular weight excluding hydrogens is 424 g/mol. The Bertz CT molecular complexity index is 1050. The highest BCUT2D eigenvalue weighted by molar-refractivity contribution is 9.10. The molecule has 0 spiro atoms. The zero-order valence-corrected chi connectivity index (χ0v) is 17.5. The lowest BCUT2D eigenvalue weighted by molar-refractivity contribution is 0.00158. The molecule has 8 nitrogen and oxygen atoms in total. The third kappa shape index (κ3) is 3.54. The highest BCUT2D eigenvalue weighted by Gasteiger charge is 2.35. The number of pyridine rings is 1. The first-order valence-corrected chi connectivity index (χ1v) is 9.73. The number of carbonyl (C=O) groups excluding carboxylic acids is 1. The molecule has 1 fully saturated rings. The number of nitrogens with zero attached hydrogens (tertiary/aromatic N) is 5. The Hall–Kier alpha value is -2.68. The lowest BCUT2D eigenvalue weighted by Crippen LogP contribution is -2.52. The molecule has 0 aliphatic carbocycles. The average Bonchev–Trinajstić information content (AvgIpc) is 2.90. The number of likely N-dealkylation sites (tertiary alicyclic amines) is 1. The number of ether oxygens (including phenoxy) is 1. The van der Waals surface area contributed by atoms with E-state index < -0.39 is 5.60 Å². The molecule has 28 heavy (non-hydrogen) atoms. The number of anilines is 1. The molecule has 9 heteroatoms. The summed E-state index contributed by atoms with van der Waals surface area (Å²) in [7, 11) is 0. The fourth-order valence-electron chi connectivity index (χ4n) is 3.26. The van der Waals surface area contributed by atoms with Crippen LogP contribution in [0.3, 0.4) is 0 Å². The lowest BCUT2D eigenvalue weighted by atomic mass is 10.1. The van der Waals surface area contributed by atoms with Crippen LogP contribution >= 0.6 is 15.9 Å². The van der Waals surface area contributed by atoms with Gasteiger partial charge in [-0.3, -0.25) is 0 Å². The van der Waals surface area contributed by atoms with Crippen LogP contribution in [-0.2, 0) is 4.74 Å². The molecule has 1 amide bonds. The SMILES string of the molecule is CC(C)(C)OC(=O)N1CC(n2cc(-c3ccnc(N)n3)c3cc(Br)ncc32)C1. The van der Waals surface area contributed by atoms with Gasteiger partial charge in [0.1, 0.15) is 10.2 Å². The second-order valence-corrected chi connectivity index (χ2v) is 8.63. The lowest BCUT2D eigenvalue weighted by Gasteiger charge is -2.40. The van der Waals surface area contributed by atoms with E-state index in [0.29, 0.717) is 13.1 Å². The summed E-state index contributed by atoms with van der Waals surface area (Å²) < 4.78 is 8.33. The van der Waals surface area contributed by atoms with Gasteiger partial charge in [0, 0.05) is 36.4 Å². The Kier molecular flexibility index (Phi) is 4.49. The molecule has 0 unspecified atom stereocenters. The molecule has 0 atom stereocenters. The van der Waals surface area contributed by atoms with Crippen molar-refractivity contribution in [2.75, 3.05) is 18.8 Å². The largest absolute Gasteiger partial charge is 0.444 e. The van der Waals surface area contributed by atoms with Crippen molar-refractivity contribution in [2.24, 2.45) is 0 Å². The summed E-state index contributed by atoms with van der Waals surface area (Å²) in [4.78, 5) is 26.6. The Morgan fingerprint density at radius 1 is 1.32 bits per heavy atom. The predicted molar refractivity (Wildman–Crippen MR) is 110 cm³/mol. The molecule has 4 rings (SSSR count). The van der Waals surface area contributed by atoms with E-state index in [-0.39, 0.29) is 18.1 Å². The first-order valence-electron chi connectivity index (χ1n) is 8.94. The summed E-state index contributed by atoms with van der Waals surface area (Å²) in [5.74, 6) is 0.228. The Labute approximate surface area is 170 Å². The third-order valence-electron chi connectivity index (χ3n) is 4.54. The van der Waals surface area contributed by atoms with Crippen molar-refractivity contribution >= 4 is 38.9 Å². The number of nitrogens with two attached hydrogens (primary N) is 1. The van der Waals surface area contributed by atoms with Gasteiger partial charge in [0.2, 0.25) is 5.95 Å². The van der Waals surface area contributed by atoms with Crippen molar-refractivity contribution < 1.29 is 9.53 Å². The number of nitrogen functional groups attached to an aromatic ring is 1. The molecule has 3 aromatic rings. The molecule has 1 aliphatic heterocycles. The zero-order chi connectivity index (χ0) is 20.1. The molecule has 2 N–H and O–H groups in total. The van der Waals surface area contributed by atoms with Gasteiger partial charge in [-0.15, -0.1) is 0 Å². The van der Waals surface area contributed by atoms with Gasteiger partial charge in [-0.1, -0.05) is 0 Å². The van der Waals surface area contributed by atoms with E-state index in [4.69, 9.17) is 10.5 Å². The average molecular weight is 445 g/mol. The number of hydrogen-bond acceptors (Lipinski definition) is 6. The maximum atomic E-state index is 12.2. The smallest absolute Gasteiger partial charge is 0.410 e. The second kappa shape index (κ2) is 6.73. The predicted octanol–water partition coefficient (Wildman–Crippen LogP) is 3.63. The highest BCUT2D eigenvalue weighted by Crippen LogP contribution is 2.35. The van der Waals surface area contributed by atoms with Gasteiger partial charge >= 0.3 is 6.09 Å². The van der Waals surface area contributed by atoms with Crippen molar-refractivity contribution in [1.82, 2.24) is 24.4 Å². The summed E-state index contributed by atoms with van der Waals surface area (Å²) in [6.45, 7) is 6.76. The summed E-state index contributed by atoms with van der Waals surface area (Å²) in [6.07, 6.45) is 5.22. The van der Waals surface area contributed by atoms with Gasteiger partial charge in [-0.25, -0.2) is 19.7 Å². The van der Waals surface area contributed by atoms with Gasteiger partial charge < -0.3 is 19.9 Å². The maximum absolute atomic E-state index is 12.2. The number of halogens is 1. The topological polar surface area (TPSA) is 99.2 Å². The van der Waals surface area contributed by atoms with Crippen LogP contribution in [0, 0.1) is 0 Å². The van der Waals surface area contributed by atoms with Gasteiger partial charge in [0.05, 0.1) is 23.4 Å². The molecule has 0 saturated carbocycles. The van der Waals surface area contributed by atoms with Crippen molar-refractivity contribution in [3.8, 4) is 11.3 Å². The second-order valence-electron chi connectivity index (χ2n) is 7.81. The fraction of sp³-hybridized carbons (Fsp3) is 0.368. The van der Waals surface area contributed by atoms with E-state index >= 15 is 0 Å². The minimum absolute atomic E-state index is 0.144. The summed E-state index contributed by atoms with van der Waals surface area (Å²) >= 11 is 3.44. The summed E-state index contributed by atoms with van der Waals surface area (Å²) in [5, 5.41) is 1.01. The number of carbonyl (C=O) groups is 1. The molecule has 1 saturated heterocycles. The Morgan fingerprint density at radius 3 is 2.75 bits per heavy atom. The monoisotopic (exact) mass is 444 g/mol. The van der Waals surface area contributed by atoms with Crippen LogP contribution in [0.4, 0.5) is 10.7 Å². The van der Waals surface area contributed by atoms with Crippen LogP contribution in [0.2, 0.25) is 0 Å². The van der Waals surface area contributed by atoms with Gasteiger partial charge in [0.25, 0.3) is 0 Å². The molecule has 146 valence electrons. The Balaban J connectivity index is 1.65.